The Balaban J connectivity index is 1.71. The van der Waals surface area contributed by atoms with Crippen molar-refractivity contribution in [3.63, 3.8) is 0 Å². The van der Waals surface area contributed by atoms with Crippen LogP contribution >= 0.6 is 11.8 Å². The highest BCUT2D eigenvalue weighted by Gasteiger charge is 2.53. The number of fused-ring (bicyclic) bond motifs is 1. The third-order valence-corrected chi connectivity index (χ3v) is 5.52. The van der Waals surface area contributed by atoms with Gasteiger partial charge in [-0.25, -0.2) is 4.79 Å². The lowest BCUT2D eigenvalue weighted by atomic mass is 10.0. The van der Waals surface area contributed by atoms with E-state index in [1.807, 2.05) is 6.07 Å². The lowest BCUT2D eigenvalue weighted by Crippen LogP contribution is -2.71. The molecule has 2 heterocycles. The van der Waals surface area contributed by atoms with Crippen molar-refractivity contribution in [2.75, 3.05) is 5.75 Å². The van der Waals surface area contributed by atoms with Gasteiger partial charge in [0.1, 0.15) is 23.2 Å². The zero-order valence-electron chi connectivity index (χ0n) is 12.9. The molecule has 0 bridgehead atoms. The van der Waals surface area contributed by atoms with Crippen molar-refractivity contribution < 1.29 is 19.5 Å². The summed E-state index contributed by atoms with van der Waals surface area (Å²) in [5.41, 5.74) is 7.24. The molecule has 2 amide bonds. The maximum absolute atomic E-state index is 12.3. The molecule has 126 valence electrons. The minimum atomic E-state index is -1.13. The number of carbonyl (C=O) groups excluding carboxylic acids is 2. The standard InChI is InChI=1S/C16H17N3O4S/c1-8-7-24-15-11(14(21)19(15)12(8)16(22)23)18-13(20)10(17)9-5-3-2-4-6-9/h2-6,10-11,15H,7,17H2,1H3,(H,18,20)(H,22,23)/t10-,11+,15+/m0/s1. The van der Waals surface area contributed by atoms with E-state index in [-0.39, 0.29) is 5.70 Å². The van der Waals surface area contributed by atoms with Crippen molar-refractivity contribution >= 4 is 29.5 Å². The van der Waals surface area contributed by atoms with E-state index in [1.54, 1.807) is 31.2 Å². The van der Waals surface area contributed by atoms with Crippen LogP contribution in [0.2, 0.25) is 0 Å². The number of rotatable bonds is 4. The number of nitrogens with one attached hydrogen (secondary N) is 1. The molecule has 3 atom stereocenters. The van der Waals surface area contributed by atoms with Crippen molar-refractivity contribution in [3.8, 4) is 0 Å². The van der Waals surface area contributed by atoms with Gasteiger partial charge in [-0.05, 0) is 18.1 Å². The van der Waals surface area contributed by atoms with Crippen molar-refractivity contribution in [2.45, 2.75) is 24.4 Å². The third kappa shape index (κ3) is 2.67. The Labute approximate surface area is 142 Å². The second kappa shape index (κ2) is 6.29. The second-order valence-corrected chi connectivity index (χ2v) is 6.82. The van der Waals surface area contributed by atoms with Crippen molar-refractivity contribution in [1.82, 2.24) is 10.2 Å². The molecule has 8 heteroatoms. The van der Waals surface area contributed by atoms with E-state index in [0.29, 0.717) is 16.9 Å². The Kier molecular flexibility index (Phi) is 4.33. The predicted molar refractivity (Wildman–Crippen MR) is 88.7 cm³/mol. The number of thioether (sulfide) groups is 1. The van der Waals surface area contributed by atoms with E-state index in [1.165, 1.54) is 16.7 Å². The topological polar surface area (TPSA) is 113 Å². The fourth-order valence-electron chi connectivity index (χ4n) is 2.83. The van der Waals surface area contributed by atoms with Crippen LogP contribution in [0.25, 0.3) is 0 Å². The van der Waals surface area contributed by atoms with E-state index < -0.39 is 35.2 Å². The minimum Gasteiger partial charge on any atom is -0.477 e. The Morgan fingerprint density at radius 1 is 1.38 bits per heavy atom. The van der Waals surface area contributed by atoms with E-state index in [2.05, 4.69) is 5.32 Å². The highest BCUT2D eigenvalue weighted by Crippen LogP contribution is 2.40. The fourth-order valence-corrected chi connectivity index (χ4v) is 4.12. The van der Waals surface area contributed by atoms with Crippen molar-refractivity contribution in [1.29, 1.82) is 0 Å². The summed E-state index contributed by atoms with van der Waals surface area (Å²) in [4.78, 5) is 37.2. The number of carboxylic acids is 1. The first-order valence-electron chi connectivity index (χ1n) is 7.40. The maximum atomic E-state index is 12.3. The molecule has 0 saturated carbocycles. The average Bonchev–Trinajstić information content (AvgIpc) is 2.59. The van der Waals surface area contributed by atoms with Gasteiger partial charge in [-0.15, -0.1) is 11.8 Å². The van der Waals surface area contributed by atoms with E-state index in [9.17, 15) is 19.5 Å². The largest absolute Gasteiger partial charge is 0.477 e. The summed E-state index contributed by atoms with van der Waals surface area (Å²) >= 11 is 1.43. The Hall–Kier alpha value is -2.32. The summed E-state index contributed by atoms with van der Waals surface area (Å²) < 4.78 is 0. The van der Waals surface area contributed by atoms with Crippen LogP contribution in [-0.4, -0.2) is 45.0 Å². The maximum Gasteiger partial charge on any atom is 0.352 e. The Bertz CT molecular complexity index is 734. The number of nitrogens with zero attached hydrogens (tertiary/aromatic N) is 1. The van der Waals surface area contributed by atoms with Crippen LogP contribution in [0.15, 0.2) is 41.6 Å². The van der Waals surface area contributed by atoms with Gasteiger partial charge in [0.05, 0.1) is 0 Å². The minimum absolute atomic E-state index is 0.0154. The number of β-lactam (4-membered cyclic amide) rings is 1. The predicted octanol–water partition coefficient (Wildman–Crippen LogP) is 0.445. The summed E-state index contributed by atoms with van der Waals surface area (Å²) in [7, 11) is 0. The van der Waals surface area contributed by atoms with E-state index in [4.69, 9.17) is 5.73 Å². The summed E-state index contributed by atoms with van der Waals surface area (Å²) in [5.74, 6) is -1.50. The monoisotopic (exact) mass is 347 g/mol. The molecule has 4 N–H and O–H groups in total. The number of benzene rings is 1. The molecule has 1 aromatic carbocycles. The smallest absolute Gasteiger partial charge is 0.352 e. The highest BCUT2D eigenvalue weighted by molar-refractivity contribution is 8.00. The summed E-state index contributed by atoms with van der Waals surface area (Å²) in [6.45, 7) is 1.69. The highest BCUT2D eigenvalue weighted by atomic mass is 32.2. The fraction of sp³-hybridized carbons (Fsp3) is 0.312. The summed E-state index contributed by atoms with van der Waals surface area (Å²) in [5, 5.41) is 11.5. The van der Waals surface area contributed by atoms with Crippen LogP contribution in [0.5, 0.6) is 0 Å². The summed E-state index contributed by atoms with van der Waals surface area (Å²) in [6, 6.07) is 7.23. The molecule has 0 radical (unpaired) electrons. The molecule has 0 unspecified atom stereocenters. The molecule has 24 heavy (non-hydrogen) atoms. The number of aliphatic carboxylic acids is 1. The van der Waals surface area contributed by atoms with E-state index in [0.717, 1.165) is 0 Å². The molecule has 0 aliphatic carbocycles. The molecule has 1 aromatic rings. The van der Waals surface area contributed by atoms with Crippen molar-refractivity contribution in [2.24, 2.45) is 5.73 Å². The number of hydrogen-bond donors (Lipinski definition) is 3. The van der Waals surface area contributed by atoms with Crippen LogP contribution < -0.4 is 11.1 Å². The molecule has 0 aromatic heterocycles. The third-order valence-electron chi connectivity index (χ3n) is 4.10. The Morgan fingerprint density at radius 3 is 2.67 bits per heavy atom. The van der Waals surface area contributed by atoms with Gasteiger partial charge in [-0.1, -0.05) is 30.3 Å². The molecule has 2 aliphatic rings. The van der Waals surface area contributed by atoms with Gasteiger partial charge in [0, 0.05) is 5.75 Å². The first-order valence-corrected chi connectivity index (χ1v) is 8.45. The number of amides is 2. The average molecular weight is 347 g/mol. The zero-order valence-corrected chi connectivity index (χ0v) is 13.7. The quantitative estimate of drug-likeness (QED) is 0.682. The molecular formula is C16H17N3O4S. The SMILES string of the molecule is CC1=C(C(=O)O)N2C(=O)[C@@H](NC(=O)[C@@H](N)c3ccccc3)[C@H]2SC1. The van der Waals surface area contributed by atoms with Crippen LogP contribution in [0.1, 0.15) is 18.5 Å². The number of carboxylic acid groups (broad SMARTS) is 1. The van der Waals surface area contributed by atoms with Crippen LogP contribution in [0.3, 0.4) is 0 Å². The molecule has 1 saturated heterocycles. The van der Waals surface area contributed by atoms with Crippen LogP contribution in [-0.2, 0) is 14.4 Å². The lowest BCUT2D eigenvalue weighted by Gasteiger charge is -2.49. The van der Waals surface area contributed by atoms with Gasteiger partial charge in [0.25, 0.3) is 5.91 Å². The zero-order chi connectivity index (χ0) is 17.4. The van der Waals surface area contributed by atoms with E-state index >= 15 is 0 Å². The molecule has 7 nitrogen and oxygen atoms in total. The van der Waals surface area contributed by atoms with Gasteiger partial charge in [-0.2, -0.15) is 0 Å². The Morgan fingerprint density at radius 2 is 2.04 bits per heavy atom. The van der Waals surface area contributed by atoms with Crippen LogP contribution in [0.4, 0.5) is 0 Å². The first kappa shape index (κ1) is 16.5. The number of carbonyl (C=O) groups is 3. The number of hydrogen-bond acceptors (Lipinski definition) is 5. The molecule has 3 rings (SSSR count). The second-order valence-electron chi connectivity index (χ2n) is 5.72. The lowest BCUT2D eigenvalue weighted by molar-refractivity contribution is -0.150. The van der Waals surface area contributed by atoms with Crippen molar-refractivity contribution in [3.05, 3.63) is 47.2 Å². The molecule has 1 fully saturated rings. The van der Waals surface area contributed by atoms with Gasteiger partial charge in [-0.3, -0.25) is 14.5 Å². The van der Waals surface area contributed by atoms with Crippen LogP contribution in [0, 0.1) is 0 Å². The summed E-state index contributed by atoms with van der Waals surface area (Å²) in [6.07, 6.45) is 0. The molecule has 0 spiro atoms. The number of nitrogens with two attached hydrogens (primary N) is 1. The first-order chi connectivity index (χ1) is 11.4. The molecular weight excluding hydrogens is 330 g/mol. The van der Waals surface area contributed by atoms with Gasteiger partial charge in [0.15, 0.2) is 0 Å². The van der Waals surface area contributed by atoms with Gasteiger partial charge in [0.2, 0.25) is 5.91 Å². The molecule has 2 aliphatic heterocycles. The normalized spacial score (nSPS) is 24.1. The van der Waals surface area contributed by atoms with Gasteiger partial charge >= 0.3 is 5.97 Å². The van der Waals surface area contributed by atoms with Gasteiger partial charge < -0.3 is 16.2 Å².